The Kier molecular flexibility index (Phi) is 3.51. The Hall–Kier alpha value is 0.282. The molecule has 0 aromatic carbocycles. The van der Waals surface area contributed by atoms with Gasteiger partial charge in [-0.3, -0.25) is 0 Å². The summed E-state index contributed by atoms with van der Waals surface area (Å²) in [6.45, 7) is 6.02. The van der Waals surface area contributed by atoms with Gasteiger partial charge in [0.2, 0.25) is 0 Å². The zero-order valence-electron chi connectivity index (χ0n) is 3.41. The Bertz CT molecular complexity index is 8.00. The molecule has 0 unspecified atom stereocenters. The predicted molar refractivity (Wildman–Crippen MR) is 27.4 cm³/mol. The highest BCUT2D eigenvalue weighted by atomic mass is 28.2. The van der Waals surface area contributed by atoms with Crippen LogP contribution in [0.25, 0.3) is 0 Å². The Morgan fingerprint density at radius 3 is 2.00 bits per heavy atom. The first-order valence-corrected chi connectivity index (χ1v) is 4.33. The van der Waals surface area contributed by atoms with Crippen molar-refractivity contribution in [3.8, 4) is 0 Å². The quantitative estimate of drug-likeness (QED) is 0.370. The fourth-order valence-electron chi connectivity index (χ4n) is 0. The molecule has 0 heterocycles. The van der Waals surface area contributed by atoms with Crippen LogP contribution in [0.4, 0.5) is 0 Å². The minimum atomic E-state index is 0.424. The molecule has 0 aromatic heterocycles. The van der Waals surface area contributed by atoms with Gasteiger partial charge in [0.25, 0.3) is 0 Å². The smallest absolute Gasteiger partial charge is 0.0918 e. The lowest BCUT2D eigenvalue weighted by Crippen LogP contribution is -1.86. The van der Waals surface area contributed by atoms with E-state index in [1.54, 1.807) is 0 Å². The molecular formula is C2H9BSi. The van der Waals surface area contributed by atoms with Gasteiger partial charge in [-0.25, -0.2) is 0 Å². The Balaban J connectivity index is 1.97. The highest BCUT2D eigenvalue weighted by molar-refractivity contribution is 6.99. The first-order valence-electron chi connectivity index (χ1n) is 1.91. The van der Waals surface area contributed by atoms with Crippen molar-refractivity contribution >= 4 is 16.3 Å². The van der Waals surface area contributed by atoms with Gasteiger partial charge in [-0.15, -0.1) is 0 Å². The van der Waals surface area contributed by atoms with E-state index in [1.165, 1.54) is 6.87 Å². The molecule has 0 fully saturated rings. The Morgan fingerprint density at radius 2 is 2.00 bits per heavy atom. The molecule has 0 amide bonds. The summed E-state index contributed by atoms with van der Waals surface area (Å²) in [5.74, 6) is 0. The van der Waals surface area contributed by atoms with E-state index in [-0.39, 0.29) is 0 Å². The maximum atomic E-state index is 2.32. The predicted octanol–water partition coefficient (Wildman–Crippen LogP) is -0.397. The minimum absolute atomic E-state index is 0.424. The Labute approximate surface area is 30.6 Å². The van der Waals surface area contributed by atoms with Crippen molar-refractivity contribution in [1.29, 1.82) is 0 Å². The van der Waals surface area contributed by atoms with Crippen molar-refractivity contribution in [2.75, 3.05) is 0 Å². The molecule has 0 spiro atoms. The first-order chi connectivity index (χ1) is 1.91. The van der Waals surface area contributed by atoms with Crippen molar-refractivity contribution in [2.24, 2.45) is 0 Å². The minimum Gasteiger partial charge on any atom is -0.0918 e. The van der Waals surface area contributed by atoms with Crippen molar-refractivity contribution in [2.45, 2.75) is 13.4 Å². The highest BCUT2D eigenvalue weighted by Gasteiger charge is 1.63. The van der Waals surface area contributed by atoms with Crippen molar-refractivity contribution in [3.63, 3.8) is 0 Å². The molecule has 0 saturated carbocycles. The van der Waals surface area contributed by atoms with Gasteiger partial charge in [0.1, 0.15) is 6.87 Å². The monoisotopic (exact) mass is 72.1 g/mol. The van der Waals surface area contributed by atoms with Crippen molar-refractivity contribution in [1.82, 2.24) is 0 Å². The average molecular weight is 72.0 g/mol. The molecule has 0 atom stereocenters. The van der Waals surface area contributed by atoms with E-state index in [1.807, 2.05) is 0 Å². The summed E-state index contributed by atoms with van der Waals surface area (Å²) in [5, 5.41) is 0. The lowest BCUT2D eigenvalue weighted by molar-refractivity contribution is 2.29. The van der Waals surface area contributed by atoms with Crippen LogP contribution in [0.2, 0.25) is 13.4 Å². The summed E-state index contributed by atoms with van der Waals surface area (Å²) >= 11 is 0. The van der Waals surface area contributed by atoms with Crippen molar-refractivity contribution < 1.29 is 0 Å². The molecule has 2 heteroatoms. The van der Waals surface area contributed by atoms with Crippen LogP contribution in [0.5, 0.6) is 0 Å². The topological polar surface area (TPSA) is 0 Å². The van der Waals surface area contributed by atoms with Crippen LogP contribution in [0, 0.1) is 0 Å². The van der Waals surface area contributed by atoms with Gasteiger partial charge in [-0.05, 0) is 9.39 Å². The molecular weight excluding hydrogens is 62.9 g/mol. The molecule has 0 aliphatic rings. The normalized spacial score (nSPS) is 9.50. The largest absolute Gasteiger partial charge is 0.104 e. The van der Waals surface area contributed by atoms with Crippen LogP contribution >= 0.6 is 0 Å². The maximum Gasteiger partial charge on any atom is 0.104 e. The molecule has 0 bridgehead atoms. The standard InChI is InChI=1S/C2H9BSi/c1-3-4-2/h3H,4H2,1-2H3. The van der Waals surface area contributed by atoms with Crippen LogP contribution in [0.15, 0.2) is 0 Å². The lowest BCUT2D eigenvalue weighted by Gasteiger charge is -1.61. The second kappa shape index (κ2) is 3.28. The zero-order chi connectivity index (χ0) is 3.41. The molecule has 0 rings (SSSR count). The van der Waals surface area contributed by atoms with Gasteiger partial charge < -0.3 is 0 Å². The molecule has 0 aliphatic heterocycles. The molecule has 0 N–H and O–H groups in total. The summed E-state index contributed by atoms with van der Waals surface area (Å²) < 4.78 is 0. The molecule has 0 aromatic rings. The molecule has 0 aliphatic carbocycles. The Morgan fingerprint density at radius 1 is 1.75 bits per heavy atom. The van der Waals surface area contributed by atoms with Gasteiger partial charge in [-0.2, -0.15) is 0 Å². The average Bonchev–Trinajstić information content (AvgIpc) is 1.37. The van der Waals surface area contributed by atoms with E-state index in [0.29, 0.717) is 9.39 Å². The van der Waals surface area contributed by atoms with E-state index < -0.39 is 0 Å². The number of hydrogen-bond acceptors (Lipinski definition) is 0. The molecule has 4 heavy (non-hydrogen) atoms. The van der Waals surface area contributed by atoms with E-state index in [0.717, 1.165) is 0 Å². The molecule has 0 saturated heterocycles. The van der Waals surface area contributed by atoms with Gasteiger partial charge in [0.05, 0.1) is 0 Å². The van der Waals surface area contributed by atoms with Crippen LogP contribution in [-0.2, 0) is 0 Å². The lowest BCUT2D eigenvalue weighted by atomic mass is 10.2. The van der Waals surface area contributed by atoms with Crippen LogP contribution in [0.1, 0.15) is 0 Å². The third kappa shape index (κ3) is 2.28. The second-order valence-electron chi connectivity index (χ2n) is 1.000. The fraction of sp³-hybridized carbons (Fsp3) is 1.00. The number of hydrogen-bond donors (Lipinski definition) is 0. The third-order valence-corrected chi connectivity index (χ3v) is 1.50. The molecule has 0 radical (unpaired) electrons. The van der Waals surface area contributed by atoms with E-state index in [9.17, 15) is 0 Å². The second-order valence-corrected chi connectivity index (χ2v) is 3.00. The molecule has 24 valence electrons. The summed E-state index contributed by atoms with van der Waals surface area (Å²) in [7, 11) is 0.424. The van der Waals surface area contributed by atoms with Gasteiger partial charge >= 0.3 is 0 Å². The van der Waals surface area contributed by atoms with Gasteiger partial charge in [0, 0.05) is 0 Å². The number of rotatable bonds is 1. The van der Waals surface area contributed by atoms with Gasteiger partial charge in [0.15, 0.2) is 0 Å². The van der Waals surface area contributed by atoms with Crippen molar-refractivity contribution in [3.05, 3.63) is 0 Å². The summed E-state index contributed by atoms with van der Waals surface area (Å²) in [5.41, 5.74) is 0. The van der Waals surface area contributed by atoms with Crippen LogP contribution < -0.4 is 0 Å². The highest BCUT2D eigenvalue weighted by Crippen LogP contribution is 1.44. The fourth-order valence-corrected chi connectivity index (χ4v) is 0. The molecule has 0 nitrogen and oxygen atoms in total. The van der Waals surface area contributed by atoms with Crippen LogP contribution in [0.3, 0.4) is 0 Å². The first kappa shape index (κ1) is 4.28. The summed E-state index contributed by atoms with van der Waals surface area (Å²) in [6, 6.07) is 0. The van der Waals surface area contributed by atoms with Gasteiger partial charge in [-0.1, -0.05) is 13.4 Å². The summed E-state index contributed by atoms with van der Waals surface area (Å²) in [6.07, 6.45) is 0. The van der Waals surface area contributed by atoms with Crippen LogP contribution in [-0.4, -0.2) is 16.3 Å². The third-order valence-electron chi connectivity index (χ3n) is 0.500. The summed E-state index contributed by atoms with van der Waals surface area (Å²) in [4.78, 5) is 0. The van der Waals surface area contributed by atoms with E-state index in [4.69, 9.17) is 0 Å². The maximum absolute atomic E-state index is 2.32. The van der Waals surface area contributed by atoms with E-state index >= 15 is 0 Å². The van der Waals surface area contributed by atoms with E-state index in [2.05, 4.69) is 13.4 Å². The zero-order valence-corrected chi connectivity index (χ0v) is 4.83. The SMILES string of the molecule is CB[SiH2]C.